The van der Waals surface area contributed by atoms with E-state index in [1.54, 1.807) is 25.8 Å². The minimum Gasteiger partial charge on any atom is -0.497 e. The summed E-state index contributed by atoms with van der Waals surface area (Å²) in [7, 11) is 1.64. The summed E-state index contributed by atoms with van der Waals surface area (Å²) in [5.41, 5.74) is 3.43. The normalized spacial score (nSPS) is 11.0. The maximum atomic E-state index is 5.42. The molecule has 0 spiro atoms. The summed E-state index contributed by atoms with van der Waals surface area (Å²) in [6.07, 6.45) is 5.17. The highest BCUT2D eigenvalue weighted by atomic mass is 16.5. The summed E-state index contributed by atoms with van der Waals surface area (Å²) >= 11 is 0. The molecule has 136 valence electrons. The number of ether oxygens (including phenoxy) is 1. The number of benzene rings is 2. The molecule has 28 heavy (non-hydrogen) atoms. The van der Waals surface area contributed by atoms with Gasteiger partial charge in [0.2, 0.25) is 0 Å². The van der Waals surface area contributed by atoms with Gasteiger partial charge in [0.15, 0.2) is 5.82 Å². The molecule has 0 atom stereocenters. The molecule has 1 N–H and O–H groups in total. The van der Waals surface area contributed by atoms with Gasteiger partial charge in [-0.2, -0.15) is 0 Å². The standard InChI is InChI=1S/C22H16N4O2/c1-27-17-5-6-19-18(12-17)22(26-21(25-19)15-3-2-9-23-13-15)24-16-4-7-20-14(11-16)8-10-28-20/h2-13H,1H3,(H,24,25,26). The van der Waals surface area contributed by atoms with Crippen LogP contribution >= 0.6 is 0 Å². The number of anilines is 2. The predicted octanol–water partition coefficient (Wildman–Crippen LogP) is 5.19. The van der Waals surface area contributed by atoms with Crippen molar-refractivity contribution in [1.29, 1.82) is 0 Å². The summed E-state index contributed by atoms with van der Waals surface area (Å²) in [4.78, 5) is 13.7. The first-order valence-electron chi connectivity index (χ1n) is 8.81. The molecule has 0 aliphatic carbocycles. The zero-order valence-electron chi connectivity index (χ0n) is 15.1. The molecule has 0 radical (unpaired) electrons. The van der Waals surface area contributed by atoms with E-state index >= 15 is 0 Å². The molecule has 0 saturated heterocycles. The van der Waals surface area contributed by atoms with Crippen LogP contribution in [-0.4, -0.2) is 22.1 Å². The van der Waals surface area contributed by atoms with E-state index in [1.807, 2.05) is 54.6 Å². The van der Waals surface area contributed by atoms with Gasteiger partial charge in [-0.3, -0.25) is 4.98 Å². The predicted molar refractivity (Wildman–Crippen MR) is 109 cm³/mol. The molecular weight excluding hydrogens is 352 g/mol. The Kier molecular flexibility index (Phi) is 3.87. The van der Waals surface area contributed by atoms with E-state index in [1.165, 1.54) is 0 Å². The SMILES string of the molecule is COc1ccc2nc(-c3cccnc3)nc(Nc3ccc4occc4c3)c2c1. The molecule has 6 heteroatoms. The van der Waals surface area contributed by atoms with E-state index < -0.39 is 0 Å². The van der Waals surface area contributed by atoms with E-state index in [4.69, 9.17) is 19.1 Å². The maximum Gasteiger partial charge on any atom is 0.163 e. The minimum absolute atomic E-state index is 0.609. The molecule has 3 aromatic heterocycles. The molecular formula is C22H16N4O2. The van der Waals surface area contributed by atoms with Gasteiger partial charge in [-0.05, 0) is 54.6 Å². The van der Waals surface area contributed by atoms with Gasteiger partial charge in [-0.15, -0.1) is 0 Å². The molecule has 6 nitrogen and oxygen atoms in total. The number of furan rings is 1. The summed E-state index contributed by atoms with van der Waals surface area (Å²) in [6.45, 7) is 0. The molecule has 2 aromatic carbocycles. The minimum atomic E-state index is 0.609. The van der Waals surface area contributed by atoms with Crippen molar-refractivity contribution in [2.24, 2.45) is 0 Å². The van der Waals surface area contributed by atoms with E-state index in [9.17, 15) is 0 Å². The van der Waals surface area contributed by atoms with Gasteiger partial charge >= 0.3 is 0 Å². The maximum absolute atomic E-state index is 5.42. The van der Waals surface area contributed by atoms with Crippen molar-refractivity contribution >= 4 is 33.4 Å². The number of fused-ring (bicyclic) bond motifs is 2. The monoisotopic (exact) mass is 368 g/mol. The second kappa shape index (κ2) is 6.66. The van der Waals surface area contributed by atoms with Gasteiger partial charge in [-0.1, -0.05) is 0 Å². The van der Waals surface area contributed by atoms with Crippen molar-refractivity contribution in [2.45, 2.75) is 0 Å². The fraction of sp³-hybridized carbons (Fsp3) is 0.0455. The Morgan fingerprint density at radius 1 is 1.00 bits per heavy atom. The Morgan fingerprint density at radius 2 is 1.96 bits per heavy atom. The van der Waals surface area contributed by atoms with Crippen molar-refractivity contribution in [3.8, 4) is 17.1 Å². The van der Waals surface area contributed by atoms with Crippen molar-refractivity contribution < 1.29 is 9.15 Å². The quantitative estimate of drug-likeness (QED) is 0.471. The molecule has 0 amide bonds. The first-order chi connectivity index (χ1) is 13.8. The van der Waals surface area contributed by atoms with E-state index in [-0.39, 0.29) is 0 Å². The van der Waals surface area contributed by atoms with Crippen LogP contribution in [0.4, 0.5) is 11.5 Å². The lowest BCUT2D eigenvalue weighted by Gasteiger charge is -2.12. The molecule has 3 heterocycles. The smallest absolute Gasteiger partial charge is 0.163 e. The highest BCUT2D eigenvalue weighted by molar-refractivity contribution is 5.94. The van der Waals surface area contributed by atoms with Crippen LogP contribution in [0.25, 0.3) is 33.3 Å². The molecule has 5 aromatic rings. The van der Waals surface area contributed by atoms with Gasteiger partial charge in [0.25, 0.3) is 0 Å². The third-order valence-electron chi connectivity index (χ3n) is 4.54. The Bertz CT molecular complexity index is 1280. The van der Waals surface area contributed by atoms with Gasteiger partial charge in [0.1, 0.15) is 17.2 Å². The highest BCUT2D eigenvalue weighted by Crippen LogP contribution is 2.31. The number of aromatic nitrogens is 3. The van der Waals surface area contributed by atoms with Gasteiger partial charge in [0, 0.05) is 34.4 Å². The second-order valence-corrected chi connectivity index (χ2v) is 6.32. The lowest BCUT2D eigenvalue weighted by atomic mass is 10.2. The zero-order valence-corrected chi connectivity index (χ0v) is 15.1. The zero-order chi connectivity index (χ0) is 18.9. The van der Waals surface area contributed by atoms with Gasteiger partial charge < -0.3 is 14.5 Å². The molecule has 0 saturated carbocycles. The average Bonchev–Trinajstić information content (AvgIpc) is 3.22. The van der Waals surface area contributed by atoms with Crippen LogP contribution in [0.1, 0.15) is 0 Å². The van der Waals surface area contributed by atoms with Crippen LogP contribution in [0, 0.1) is 0 Å². The third-order valence-corrected chi connectivity index (χ3v) is 4.54. The lowest BCUT2D eigenvalue weighted by molar-refractivity contribution is 0.415. The summed E-state index contributed by atoms with van der Waals surface area (Å²) in [5, 5.41) is 5.32. The Morgan fingerprint density at radius 3 is 2.82 bits per heavy atom. The third kappa shape index (κ3) is 2.91. The van der Waals surface area contributed by atoms with Crippen molar-refractivity contribution in [2.75, 3.05) is 12.4 Å². The van der Waals surface area contributed by atoms with Crippen LogP contribution in [0.3, 0.4) is 0 Å². The topological polar surface area (TPSA) is 73.1 Å². The Hall–Kier alpha value is -3.93. The fourth-order valence-electron chi connectivity index (χ4n) is 3.14. The van der Waals surface area contributed by atoms with Crippen LogP contribution in [-0.2, 0) is 0 Å². The van der Waals surface area contributed by atoms with Crippen molar-refractivity contribution in [3.05, 3.63) is 73.3 Å². The molecule has 0 bridgehead atoms. The summed E-state index contributed by atoms with van der Waals surface area (Å²) < 4.78 is 10.8. The van der Waals surface area contributed by atoms with E-state index in [0.29, 0.717) is 11.6 Å². The number of hydrogen-bond acceptors (Lipinski definition) is 6. The molecule has 0 fully saturated rings. The first kappa shape index (κ1) is 16.3. The fourth-order valence-corrected chi connectivity index (χ4v) is 3.14. The van der Waals surface area contributed by atoms with Gasteiger partial charge in [-0.25, -0.2) is 9.97 Å². The number of methoxy groups -OCH3 is 1. The average molecular weight is 368 g/mol. The van der Waals surface area contributed by atoms with Crippen LogP contribution in [0.15, 0.2) is 77.7 Å². The largest absolute Gasteiger partial charge is 0.497 e. The molecule has 0 aliphatic heterocycles. The summed E-state index contributed by atoms with van der Waals surface area (Å²) in [5.74, 6) is 2.06. The number of hydrogen-bond donors (Lipinski definition) is 1. The van der Waals surface area contributed by atoms with Gasteiger partial charge in [0.05, 0.1) is 18.9 Å². The number of nitrogens with zero attached hydrogens (tertiary/aromatic N) is 3. The number of pyridine rings is 1. The van der Waals surface area contributed by atoms with E-state index in [0.717, 1.165) is 38.9 Å². The molecule has 5 rings (SSSR count). The van der Waals surface area contributed by atoms with Crippen molar-refractivity contribution in [3.63, 3.8) is 0 Å². The van der Waals surface area contributed by atoms with Crippen LogP contribution < -0.4 is 10.1 Å². The number of rotatable bonds is 4. The lowest BCUT2D eigenvalue weighted by Crippen LogP contribution is -2.00. The van der Waals surface area contributed by atoms with E-state index in [2.05, 4.69) is 10.3 Å². The Labute approximate surface area is 160 Å². The van der Waals surface area contributed by atoms with Crippen LogP contribution in [0.2, 0.25) is 0 Å². The first-order valence-corrected chi connectivity index (χ1v) is 8.81. The number of nitrogens with one attached hydrogen (secondary N) is 1. The van der Waals surface area contributed by atoms with Crippen molar-refractivity contribution in [1.82, 2.24) is 15.0 Å². The summed E-state index contributed by atoms with van der Waals surface area (Å²) in [6, 6.07) is 17.4. The second-order valence-electron chi connectivity index (χ2n) is 6.32. The van der Waals surface area contributed by atoms with Crippen LogP contribution in [0.5, 0.6) is 5.75 Å². The highest BCUT2D eigenvalue weighted by Gasteiger charge is 2.12. The molecule has 0 unspecified atom stereocenters. The molecule has 0 aliphatic rings. The Balaban J connectivity index is 1.67.